The van der Waals surface area contributed by atoms with Crippen LogP contribution in [0.4, 0.5) is 5.69 Å². The summed E-state index contributed by atoms with van der Waals surface area (Å²) in [4.78, 5) is 12.2. The molecule has 2 aliphatic rings. The summed E-state index contributed by atoms with van der Waals surface area (Å²) >= 11 is 0. The Hall–Kier alpha value is -1.59. The van der Waals surface area contributed by atoms with Crippen LogP contribution >= 0.6 is 0 Å². The Balaban J connectivity index is 1.50. The number of amides is 1. The lowest BCUT2D eigenvalue weighted by Gasteiger charge is -2.22. The Morgan fingerprint density at radius 3 is 2.87 bits per heavy atom. The van der Waals surface area contributed by atoms with Gasteiger partial charge in [0, 0.05) is 12.8 Å². The van der Waals surface area contributed by atoms with Crippen LogP contribution in [0.25, 0.3) is 0 Å². The van der Waals surface area contributed by atoms with Gasteiger partial charge in [-0.15, -0.1) is 0 Å². The lowest BCUT2D eigenvalue weighted by Crippen LogP contribution is -2.28. The highest BCUT2D eigenvalue weighted by Gasteiger charge is 2.19. The van der Waals surface area contributed by atoms with E-state index in [2.05, 4.69) is 10.6 Å². The quantitative estimate of drug-likeness (QED) is 0.846. The highest BCUT2D eigenvalue weighted by molar-refractivity contribution is 5.92. The van der Waals surface area contributed by atoms with E-state index in [1.54, 1.807) is 0 Å². The molecule has 2 aliphatic heterocycles. The predicted molar refractivity (Wildman–Crippen MR) is 89.8 cm³/mol. The molecular weight excluding hydrogens is 292 g/mol. The van der Waals surface area contributed by atoms with Gasteiger partial charge in [0.05, 0.1) is 18.9 Å². The molecule has 126 valence electrons. The highest BCUT2D eigenvalue weighted by Crippen LogP contribution is 2.27. The van der Waals surface area contributed by atoms with Gasteiger partial charge in [-0.05, 0) is 50.4 Å². The maximum Gasteiger partial charge on any atom is 0.224 e. The van der Waals surface area contributed by atoms with Crippen LogP contribution in [0.1, 0.15) is 32.1 Å². The fourth-order valence-corrected chi connectivity index (χ4v) is 3.18. The van der Waals surface area contributed by atoms with Crippen molar-refractivity contribution in [2.24, 2.45) is 5.92 Å². The highest BCUT2D eigenvalue weighted by atomic mass is 16.5. The van der Waals surface area contributed by atoms with Gasteiger partial charge in [0.2, 0.25) is 5.91 Å². The van der Waals surface area contributed by atoms with Gasteiger partial charge in [-0.25, -0.2) is 0 Å². The van der Waals surface area contributed by atoms with Gasteiger partial charge in [0.15, 0.2) is 0 Å². The first-order valence-corrected chi connectivity index (χ1v) is 8.65. The molecular formula is C18H26N2O3. The number of anilines is 1. The average Bonchev–Trinajstić information content (AvgIpc) is 3.09. The van der Waals surface area contributed by atoms with Gasteiger partial charge in [-0.3, -0.25) is 4.79 Å². The van der Waals surface area contributed by atoms with E-state index in [4.69, 9.17) is 9.47 Å². The third kappa shape index (κ3) is 4.94. The van der Waals surface area contributed by atoms with Crippen LogP contribution in [0.15, 0.2) is 24.3 Å². The molecule has 0 aromatic heterocycles. The van der Waals surface area contributed by atoms with Crippen molar-refractivity contribution in [3.8, 4) is 5.75 Å². The maximum atomic E-state index is 12.2. The standard InChI is InChI=1S/C18H26N2O3/c21-18(6-5-14-7-10-19-11-8-14)20-16-3-1-2-4-17(16)23-15-9-12-22-13-15/h1-4,14-15,19H,5-13H2,(H,20,21). The second kappa shape index (κ2) is 8.31. The zero-order valence-corrected chi connectivity index (χ0v) is 13.6. The summed E-state index contributed by atoms with van der Waals surface area (Å²) in [6, 6.07) is 7.64. The van der Waals surface area contributed by atoms with Gasteiger partial charge in [-0.2, -0.15) is 0 Å². The normalized spacial score (nSPS) is 22.0. The van der Waals surface area contributed by atoms with E-state index in [1.807, 2.05) is 24.3 Å². The molecule has 5 nitrogen and oxygen atoms in total. The van der Waals surface area contributed by atoms with Crippen LogP contribution in [0.3, 0.4) is 0 Å². The minimum absolute atomic E-state index is 0.0715. The first-order valence-electron chi connectivity index (χ1n) is 8.65. The van der Waals surface area contributed by atoms with E-state index in [0.29, 0.717) is 18.9 Å². The fraction of sp³-hybridized carbons (Fsp3) is 0.611. The van der Waals surface area contributed by atoms with Gasteiger partial charge in [0.1, 0.15) is 11.9 Å². The van der Waals surface area contributed by atoms with E-state index in [1.165, 1.54) is 12.8 Å². The number of carbonyl (C=O) groups is 1. The molecule has 1 unspecified atom stereocenters. The number of hydrogen-bond donors (Lipinski definition) is 2. The zero-order chi connectivity index (χ0) is 15.9. The molecule has 1 atom stereocenters. The van der Waals surface area contributed by atoms with Crippen LogP contribution in [0.2, 0.25) is 0 Å². The van der Waals surface area contributed by atoms with Crippen LogP contribution in [0.5, 0.6) is 5.75 Å². The second-order valence-electron chi connectivity index (χ2n) is 6.38. The molecule has 2 saturated heterocycles. The summed E-state index contributed by atoms with van der Waals surface area (Å²) < 4.78 is 11.3. The summed E-state index contributed by atoms with van der Waals surface area (Å²) in [6.07, 6.45) is 4.88. The van der Waals surface area contributed by atoms with Crippen molar-refractivity contribution >= 4 is 11.6 Å². The van der Waals surface area contributed by atoms with E-state index >= 15 is 0 Å². The molecule has 2 fully saturated rings. The molecule has 0 bridgehead atoms. The van der Waals surface area contributed by atoms with Gasteiger partial charge >= 0.3 is 0 Å². The third-order valence-corrected chi connectivity index (χ3v) is 4.58. The van der Waals surface area contributed by atoms with Crippen molar-refractivity contribution in [3.05, 3.63) is 24.3 Å². The first kappa shape index (κ1) is 16.3. The van der Waals surface area contributed by atoms with Crippen molar-refractivity contribution in [1.29, 1.82) is 0 Å². The van der Waals surface area contributed by atoms with Crippen LogP contribution in [0, 0.1) is 5.92 Å². The number of benzene rings is 1. The topological polar surface area (TPSA) is 59.6 Å². The van der Waals surface area contributed by atoms with Crippen molar-refractivity contribution < 1.29 is 14.3 Å². The van der Waals surface area contributed by atoms with E-state index in [0.717, 1.165) is 44.0 Å². The summed E-state index contributed by atoms with van der Waals surface area (Å²) in [5.41, 5.74) is 0.759. The lowest BCUT2D eigenvalue weighted by atomic mass is 9.93. The molecule has 3 rings (SSSR count). The minimum atomic E-state index is 0.0715. The summed E-state index contributed by atoms with van der Waals surface area (Å²) in [7, 11) is 0. The number of hydrogen-bond acceptors (Lipinski definition) is 4. The number of nitrogens with one attached hydrogen (secondary N) is 2. The van der Waals surface area contributed by atoms with E-state index < -0.39 is 0 Å². The molecule has 1 aromatic carbocycles. The van der Waals surface area contributed by atoms with Crippen molar-refractivity contribution in [1.82, 2.24) is 5.32 Å². The van der Waals surface area contributed by atoms with Crippen molar-refractivity contribution in [3.63, 3.8) is 0 Å². The Morgan fingerprint density at radius 1 is 1.26 bits per heavy atom. The minimum Gasteiger partial charge on any atom is -0.486 e. The molecule has 1 aromatic rings. The van der Waals surface area contributed by atoms with Crippen LogP contribution in [-0.2, 0) is 9.53 Å². The number of piperidine rings is 1. The Bertz CT molecular complexity index is 509. The molecule has 1 amide bonds. The predicted octanol–water partition coefficient (Wildman–Crippen LogP) is 2.57. The van der Waals surface area contributed by atoms with E-state index in [-0.39, 0.29) is 12.0 Å². The lowest BCUT2D eigenvalue weighted by molar-refractivity contribution is -0.116. The molecule has 5 heteroatoms. The zero-order valence-electron chi connectivity index (χ0n) is 13.6. The fourth-order valence-electron chi connectivity index (χ4n) is 3.18. The molecule has 0 radical (unpaired) electrons. The largest absolute Gasteiger partial charge is 0.486 e. The smallest absolute Gasteiger partial charge is 0.224 e. The average molecular weight is 318 g/mol. The molecule has 0 aliphatic carbocycles. The van der Waals surface area contributed by atoms with Gasteiger partial charge in [-0.1, -0.05) is 12.1 Å². The van der Waals surface area contributed by atoms with Gasteiger partial charge < -0.3 is 20.1 Å². The summed E-state index contributed by atoms with van der Waals surface area (Å²) in [5, 5.41) is 6.36. The van der Waals surface area contributed by atoms with Crippen LogP contribution in [-0.4, -0.2) is 38.3 Å². The van der Waals surface area contributed by atoms with Crippen LogP contribution < -0.4 is 15.4 Å². The van der Waals surface area contributed by atoms with Crippen molar-refractivity contribution in [2.45, 2.75) is 38.2 Å². The monoisotopic (exact) mass is 318 g/mol. The molecule has 0 spiro atoms. The maximum absolute atomic E-state index is 12.2. The number of ether oxygens (including phenoxy) is 2. The third-order valence-electron chi connectivity index (χ3n) is 4.58. The number of carbonyl (C=O) groups excluding carboxylic acids is 1. The second-order valence-corrected chi connectivity index (χ2v) is 6.38. The SMILES string of the molecule is O=C(CCC1CCNCC1)Nc1ccccc1OC1CCOC1. The van der Waals surface area contributed by atoms with Gasteiger partial charge in [0.25, 0.3) is 0 Å². The number of para-hydroxylation sites is 2. The van der Waals surface area contributed by atoms with E-state index in [9.17, 15) is 4.79 Å². The number of rotatable bonds is 6. The van der Waals surface area contributed by atoms with Crippen molar-refractivity contribution in [2.75, 3.05) is 31.6 Å². The summed E-state index contributed by atoms with van der Waals surface area (Å²) in [6.45, 7) is 3.52. The molecule has 23 heavy (non-hydrogen) atoms. The molecule has 2 N–H and O–H groups in total. The molecule has 2 heterocycles. The molecule has 0 saturated carbocycles. The summed E-state index contributed by atoms with van der Waals surface area (Å²) in [5.74, 6) is 1.48. The Morgan fingerprint density at radius 2 is 2.09 bits per heavy atom. The Labute approximate surface area is 137 Å². The Kier molecular flexibility index (Phi) is 5.88. The first-order chi connectivity index (χ1) is 11.3.